The minimum atomic E-state index is -3.44. The number of ether oxygens (including phenoxy) is 1. The highest BCUT2D eigenvalue weighted by Crippen LogP contribution is 2.38. The molecular formula is C20H29NO4S. The smallest absolute Gasteiger partial charge is 0.235 e. The van der Waals surface area contributed by atoms with Crippen LogP contribution in [-0.4, -0.2) is 45.1 Å². The highest BCUT2D eigenvalue weighted by molar-refractivity contribution is 7.92. The highest BCUT2D eigenvalue weighted by Gasteiger charge is 2.34. The lowest BCUT2D eigenvalue weighted by Crippen LogP contribution is -2.44. The topological polar surface area (TPSA) is 72.5 Å². The van der Waals surface area contributed by atoms with Gasteiger partial charge < -0.3 is 10.1 Å². The van der Waals surface area contributed by atoms with E-state index in [9.17, 15) is 13.2 Å². The van der Waals surface area contributed by atoms with E-state index in [0.717, 1.165) is 38.5 Å². The summed E-state index contributed by atoms with van der Waals surface area (Å²) < 4.78 is 29.9. The van der Waals surface area contributed by atoms with Gasteiger partial charge in [-0.3, -0.25) is 4.79 Å². The molecule has 3 rings (SSSR count). The van der Waals surface area contributed by atoms with Crippen LogP contribution in [0.1, 0.15) is 50.5 Å². The number of hydrogen-bond acceptors (Lipinski definition) is 4. The fourth-order valence-electron chi connectivity index (χ4n) is 4.22. The van der Waals surface area contributed by atoms with Crippen molar-refractivity contribution in [1.82, 2.24) is 5.32 Å². The van der Waals surface area contributed by atoms with Crippen LogP contribution < -0.4 is 5.32 Å². The molecule has 1 N–H and O–H groups in total. The molecule has 1 aromatic rings. The number of amides is 1. The van der Waals surface area contributed by atoms with Gasteiger partial charge >= 0.3 is 0 Å². The highest BCUT2D eigenvalue weighted by atomic mass is 32.2. The van der Waals surface area contributed by atoms with Gasteiger partial charge in [0.15, 0.2) is 9.84 Å². The van der Waals surface area contributed by atoms with Gasteiger partial charge in [-0.25, -0.2) is 8.42 Å². The second-order valence-corrected chi connectivity index (χ2v) is 9.78. The van der Waals surface area contributed by atoms with Crippen LogP contribution in [0.5, 0.6) is 0 Å². The second kappa shape index (κ2) is 8.53. The number of hydrogen-bond donors (Lipinski definition) is 1. The van der Waals surface area contributed by atoms with Crippen LogP contribution in [0.25, 0.3) is 0 Å². The van der Waals surface area contributed by atoms with Gasteiger partial charge in [0, 0.05) is 18.6 Å². The average molecular weight is 380 g/mol. The molecule has 0 radical (unpaired) electrons. The number of nitrogens with one attached hydrogen (secondary N) is 1. The molecule has 5 nitrogen and oxygen atoms in total. The summed E-state index contributed by atoms with van der Waals surface area (Å²) in [6.07, 6.45) is 6.97. The first kappa shape index (κ1) is 19.4. The Balaban J connectivity index is 1.59. The first-order valence-electron chi connectivity index (χ1n) is 9.63. The first-order valence-corrected chi connectivity index (χ1v) is 11.5. The van der Waals surface area contributed by atoms with Gasteiger partial charge in [0.05, 0.1) is 11.9 Å². The molecule has 6 heteroatoms. The molecule has 26 heavy (non-hydrogen) atoms. The van der Waals surface area contributed by atoms with Crippen molar-refractivity contribution >= 4 is 15.7 Å². The second-order valence-electron chi connectivity index (χ2n) is 7.67. The van der Waals surface area contributed by atoms with Gasteiger partial charge in [-0.15, -0.1) is 0 Å². The monoisotopic (exact) mass is 379 g/mol. The van der Waals surface area contributed by atoms with E-state index in [0.29, 0.717) is 13.2 Å². The molecule has 1 unspecified atom stereocenters. The summed E-state index contributed by atoms with van der Waals surface area (Å²) >= 11 is 0. The predicted molar refractivity (Wildman–Crippen MR) is 102 cm³/mol. The maximum Gasteiger partial charge on any atom is 0.235 e. The molecule has 1 heterocycles. The average Bonchev–Trinajstić information content (AvgIpc) is 3.13. The van der Waals surface area contributed by atoms with E-state index < -0.39 is 21.5 Å². The Kier molecular flexibility index (Phi) is 6.35. The summed E-state index contributed by atoms with van der Waals surface area (Å²) in [5.41, 5.74) is 1.16. The SMILES string of the molecule is O=C(CS(=O)(=O)CC1CCCO1)NCC1(c2ccccc2)CCCCC1. The normalized spacial score (nSPS) is 22.8. The maximum atomic E-state index is 12.3. The van der Waals surface area contributed by atoms with Gasteiger partial charge in [0.25, 0.3) is 0 Å². The number of carbonyl (C=O) groups is 1. The minimum Gasteiger partial charge on any atom is -0.377 e. The van der Waals surface area contributed by atoms with E-state index >= 15 is 0 Å². The summed E-state index contributed by atoms with van der Waals surface area (Å²) in [5.74, 6) is -0.897. The van der Waals surface area contributed by atoms with Crippen molar-refractivity contribution in [2.45, 2.75) is 56.5 Å². The first-order chi connectivity index (χ1) is 12.5. The van der Waals surface area contributed by atoms with E-state index in [1.54, 1.807) is 0 Å². The zero-order chi connectivity index (χ0) is 18.5. The molecule has 1 aliphatic heterocycles. The lowest BCUT2D eigenvalue weighted by atomic mass is 9.69. The third-order valence-corrected chi connectivity index (χ3v) is 7.22. The van der Waals surface area contributed by atoms with Crippen molar-refractivity contribution in [2.24, 2.45) is 0 Å². The van der Waals surface area contributed by atoms with Crippen LogP contribution in [0.2, 0.25) is 0 Å². The molecule has 1 saturated carbocycles. The van der Waals surface area contributed by atoms with E-state index in [4.69, 9.17) is 4.74 Å². The molecule has 0 bridgehead atoms. The van der Waals surface area contributed by atoms with Crippen LogP contribution >= 0.6 is 0 Å². The van der Waals surface area contributed by atoms with Gasteiger partial charge in [-0.2, -0.15) is 0 Å². The van der Waals surface area contributed by atoms with Crippen LogP contribution in [0, 0.1) is 0 Å². The van der Waals surface area contributed by atoms with Gasteiger partial charge in [-0.05, 0) is 31.2 Å². The Morgan fingerprint density at radius 1 is 1.12 bits per heavy atom. The largest absolute Gasteiger partial charge is 0.377 e. The molecule has 1 saturated heterocycles. The Labute approximate surface area is 156 Å². The fourth-order valence-corrected chi connectivity index (χ4v) is 5.67. The Hall–Kier alpha value is -1.40. The third-order valence-electron chi connectivity index (χ3n) is 5.64. The Morgan fingerprint density at radius 3 is 2.50 bits per heavy atom. The lowest BCUT2D eigenvalue weighted by molar-refractivity contribution is -0.119. The predicted octanol–water partition coefficient (Wildman–Crippen LogP) is 2.60. The molecule has 0 aromatic heterocycles. The summed E-state index contributed by atoms with van der Waals surface area (Å²) in [5, 5.41) is 2.91. The van der Waals surface area contributed by atoms with Crippen molar-refractivity contribution in [3.05, 3.63) is 35.9 Å². The number of sulfone groups is 1. The van der Waals surface area contributed by atoms with Crippen LogP contribution in [0.15, 0.2) is 30.3 Å². The zero-order valence-corrected chi connectivity index (χ0v) is 16.1. The molecule has 1 atom stereocenters. The van der Waals surface area contributed by atoms with Gasteiger partial charge in [0.1, 0.15) is 5.75 Å². The van der Waals surface area contributed by atoms with Gasteiger partial charge in [-0.1, -0.05) is 49.6 Å². The molecule has 1 aromatic carbocycles. The van der Waals surface area contributed by atoms with E-state index in [2.05, 4.69) is 17.4 Å². The molecular weight excluding hydrogens is 350 g/mol. The van der Waals surface area contributed by atoms with E-state index in [-0.39, 0.29) is 17.3 Å². The van der Waals surface area contributed by atoms with E-state index in [1.165, 1.54) is 12.0 Å². The number of carbonyl (C=O) groups excluding carboxylic acids is 1. The van der Waals surface area contributed by atoms with E-state index in [1.807, 2.05) is 18.2 Å². The lowest BCUT2D eigenvalue weighted by Gasteiger charge is -2.38. The van der Waals surface area contributed by atoms with Crippen molar-refractivity contribution in [2.75, 3.05) is 24.7 Å². The van der Waals surface area contributed by atoms with Crippen molar-refractivity contribution in [3.8, 4) is 0 Å². The van der Waals surface area contributed by atoms with Gasteiger partial charge in [0.2, 0.25) is 5.91 Å². The Morgan fingerprint density at radius 2 is 1.85 bits per heavy atom. The molecule has 0 spiro atoms. The van der Waals surface area contributed by atoms with Crippen LogP contribution in [-0.2, 0) is 24.8 Å². The number of rotatable bonds is 7. The minimum absolute atomic E-state index is 0.0513. The fraction of sp³-hybridized carbons (Fsp3) is 0.650. The molecule has 2 fully saturated rings. The summed E-state index contributed by atoms with van der Waals surface area (Å²) in [6, 6.07) is 10.3. The zero-order valence-electron chi connectivity index (χ0n) is 15.3. The Bertz CT molecular complexity index is 690. The van der Waals surface area contributed by atoms with Crippen LogP contribution in [0.3, 0.4) is 0 Å². The molecule has 1 amide bonds. The summed E-state index contributed by atoms with van der Waals surface area (Å²) in [4.78, 5) is 12.3. The third kappa shape index (κ3) is 5.07. The maximum absolute atomic E-state index is 12.3. The quantitative estimate of drug-likeness (QED) is 0.790. The molecule has 144 valence electrons. The molecule has 1 aliphatic carbocycles. The van der Waals surface area contributed by atoms with Crippen LogP contribution in [0.4, 0.5) is 0 Å². The standard InChI is InChI=1S/C20H29NO4S/c22-19(15-26(23,24)14-18-10-7-13-25-18)21-16-20(11-5-2-6-12-20)17-8-3-1-4-9-17/h1,3-4,8-9,18H,2,5-7,10-16H2,(H,21,22). The van der Waals surface area contributed by atoms with Crippen molar-refractivity contribution < 1.29 is 17.9 Å². The van der Waals surface area contributed by atoms with Crippen molar-refractivity contribution in [1.29, 1.82) is 0 Å². The molecule has 2 aliphatic rings. The summed E-state index contributed by atoms with van der Waals surface area (Å²) in [6.45, 7) is 1.12. The number of benzene rings is 1. The van der Waals surface area contributed by atoms with Crippen molar-refractivity contribution in [3.63, 3.8) is 0 Å². The summed E-state index contributed by atoms with van der Waals surface area (Å²) in [7, 11) is -3.44.